The fourth-order valence-electron chi connectivity index (χ4n) is 3.32. The molecule has 0 fully saturated rings. The molecule has 1 aliphatic heterocycles. The molecule has 0 spiro atoms. The molecule has 1 amide bonds. The lowest BCUT2D eigenvalue weighted by molar-refractivity contribution is 0.0513. The van der Waals surface area contributed by atoms with Gasteiger partial charge in [-0.1, -0.05) is 11.6 Å². The van der Waals surface area contributed by atoms with Gasteiger partial charge in [0, 0.05) is 35.9 Å². The van der Waals surface area contributed by atoms with Crippen molar-refractivity contribution in [2.75, 3.05) is 13.2 Å². The number of hydrogen-bond donors (Lipinski definition) is 0. The minimum Gasteiger partial charge on any atom is -0.461 e. The van der Waals surface area contributed by atoms with Gasteiger partial charge in [0.2, 0.25) is 0 Å². The molecule has 3 aromatic rings. The first-order valence-electron chi connectivity index (χ1n) is 9.17. The van der Waals surface area contributed by atoms with Crippen LogP contribution in [0.2, 0.25) is 5.02 Å². The van der Waals surface area contributed by atoms with Crippen molar-refractivity contribution in [3.8, 4) is 5.69 Å². The molecule has 0 aliphatic carbocycles. The number of halogens is 1. The van der Waals surface area contributed by atoms with E-state index in [-0.39, 0.29) is 30.4 Å². The molecule has 0 N–H and O–H groups in total. The Kier molecular flexibility index (Phi) is 5.26. The van der Waals surface area contributed by atoms with E-state index in [2.05, 4.69) is 15.1 Å². The Morgan fingerprint density at radius 2 is 2.00 bits per heavy atom. The average molecular weight is 412 g/mol. The van der Waals surface area contributed by atoms with Crippen LogP contribution in [0.15, 0.2) is 42.9 Å². The van der Waals surface area contributed by atoms with Crippen molar-refractivity contribution < 1.29 is 14.3 Å². The van der Waals surface area contributed by atoms with Gasteiger partial charge in [-0.05, 0) is 31.2 Å². The zero-order valence-electron chi connectivity index (χ0n) is 15.7. The molecule has 4 rings (SSSR count). The number of esters is 1. The van der Waals surface area contributed by atoms with Crippen molar-refractivity contribution in [2.24, 2.45) is 0 Å². The summed E-state index contributed by atoms with van der Waals surface area (Å²) >= 11 is 5.99. The third-order valence-electron chi connectivity index (χ3n) is 4.67. The molecule has 8 nitrogen and oxygen atoms in total. The second-order valence-electron chi connectivity index (χ2n) is 6.45. The number of carbonyl (C=O) groups excluding carboxylic acids is 2. The molecular weight excluding hydrogens is 394 g/mol. The third-order valence-corrected chi connectivity index (χ3v) is 4.92. The molecule has 29 heavy (non-hydrogen) atoms. The number of aromatic nitrogens is 4. The SMILES string of the molecule is CCOC(=O)c1nn(-c2ccc(Cl)cc2)c2c1CN(C(=O)c1cnccn1)CC2. The number of ether oxygens (including phenoxy) is 1. The first-order chi connectivity index (χ1) is 14.1. The minimum absolute atomic E-state index is 0.216. The van der Waals surface area contributed by atoms with Gasteiger partial charge in [-0.25, -0.2) is 14.5 Å². The van der Waals surface area contributed by atoms with E-state index in [1.807, 2.05) is 12.1 Å². The Morgan fingerprint density at radius 1 is 1.21 bits per heavy atom. The highest BCUT2D eigenvalue weighted by molar-refractivity contribution is 6.30. The van der Waals surface area contributed by atoms with Gasteiger partial charge < -0.3 is 9.64 Å². The van der Waals surface area contributed by atoms with Gasteiger partial charge >= 0.3 is 5.97 Å². The van der Waals surface area contributed by atoms with E-state index in [9.17, 15) is 9.59 Å². The predicted molar refractivity (Wildman–Crippen MR) is 105 cm³/mol. The molecule has 1 aliphatic rings. The van der Waals surface area contributed by atoms with Crippen LogP contribution in [-0.2, 0) is 17.7 Å². The van der Waals surface area contributed by atoms with E-state index in [0.717, 1.165) is 11.4 Å². The van der Waals surface area contributed by atoms with E-state index in [1.54, 1.807) is 28.6 Å². The Balaban J connectivity index is 1.72. The lowest BCUT2D eigenvalue weighted by Gasteiger charge is -2.27. The smallest absolute Gasteiger partial charge is 0.359 e. The Morgan fingerprint density at radius 3 is 2.69 bits per heavy atom. The summed E-state index contributed by atoms with van der Waals surface area (Å²) in [4.78, 5) is 35.0. The highest BCUT2D eigenvalue weighted by atomic mass is 35.5. The summed E-state index contributed by atoms with van der Waals surface area (Å²) in [7, 11) is 0. The van der Waals surface area contributed by atoms with E-state index >= 15 is 0 Å². The second kappa shape index (κ2) is 8.00. The lowest BCUT2D eigenvalue weighted by atomic mass is 10.0. The quantitative estimate of drug-likeness (QED) is 0.613. The highest BCUT2D eigenvalue weighted by Gasteiger charge is 2.31. The highest BCUT2D eigenvalue weighted by Crippen LogP contribution is 2.27. The molecule has 1 aromatic carbocycles. The monoisotopic (exact) mass is 411 g/mol. The number of nitrogens with zero attached hydrogens (tertiary/aromatic N) is 5. The number of hydrogen-bond acceptors (Lipinski definition) is 6. The van der Waals surface area contributed by atoms with Crippen LogP contribution in [0.5, 0.6) is 0 Å². The van der Waals surface area contributed by atoms with Crippen LogP contribution >= 0.6 is 11.6 Å². The average Bonchev–Trinajstić information content (AvgIpc) is 3.13. The van der Waals surface area contributed by atoms with Crippen molar-refractivity contribution in [2.45, 2.75) is 19.9 Å². The molecule has 0 saturated carbocycles. The van der Waals surface area contributed by atoms with E-state index in [0.29, 0.717) is 23.6 Å². The maximum Gasteiger partial charge on any atom is 0.359 e. The lowest BCUT2D eigenvalue weighted by Crippen LogP contribution is -2.37. The van der Waals surface area contributed by atoms with Gasteiger partial charge in [0.1, 0.15) is 5.69 Å². The second-order valence-corrected chi connectivity index (χ2v) is 6.89. The van der Waals surface area contributed by atoms with Crippen LogP contribution in [-0.4, -0.2) is 49.7 Å². The third kappa shape index (κ3) is 3.71. The van der Waals surface area contributed by atoms with Crippen LogP contribution in [0.25, 0.3) is 5.69 Å². The van der Waals surface area contributed by atoms with Gasteiger partial charge in [0.05, 0.1) is 30.7 Å². The number of rotatable bonds is 4. The number of amides is 1. The fraction of sp³-hybridized carbons (Fsp3) is 0.250. The van der Waals surface area contributed by atoms with Crippen molar-refractivity contribution in [1.82, 2.24) is 24.6 Å². The molecule has 2 aromatic heterocycles. The molecule has 0 unspecified atom stereocenters. The van der Waals surface area contributed by atoms with Crippen molar-refractivity contribution >= 4 is 23.5 Å². The molecule has 0 saturated heterocycles. The molecule has 148 valence electrons. The number of benzene rings is 1. The van der Waals surface area contributed by atoms with Crippen LogP contribution in [0, 0.1) is 0 Å². The van der Waals surface area contributed by atoms with Crippen LogP contribution in [0.3, 0.4) is 0 Å². The zero-order valence-corrected chi connectivity index (χ0v) is 16.5. The maximum absolute atomic E-state index is 12.8. The summed E-state index contributed by atoms with van der Waals surface area (Å²) in [6.07, 6.45) is 4.96. The van der Waals surface area contributed by atoms with Gasteiger partial charge in [-0.15, -0.1) is 0 Å². The molecule has 0 bridgehead atoms. The molecule has 0 atom stereocenters. The van der Waals surface area contributed by atoms with Crippen molar-refractivity contribution in [1.29, 1.82) is 0 Å². The van der Waals surface area contributed by atoms with Gasteiger partial charge in [0.25, 0.3) is 5.91 Å². The Hall–Kier alpha value is -3.26. The summed E-state index contributed by atoms with van der Waals surface area (Å²) in [6, 6.07) is 7.20. The number of fused-ring (bicyclic) bond motifs is 1. The first kappa shape index (κ1) is 19.1. The first-order valence-corrected chi connectivity index (χ1v) is 9.55. The molecule has 9 heteroatoms. The fourth-order valence-corrected chi connectivity index (χ4v) is 3.45. The molecule has 3 heterocycles. The summed E-state index contributed by atoms with van der Waals surface area (Å²) in [6.45, 7) is 2.70. The predicted octanol–water partition coefficient (Wildman–Crippen LogP) is 2.69. The van der Waals surface area contributed by atoms with E-state index < -0.39 is 5.97 Å². The van der Waals surface area contributed by atoms with Crippen LogP contribution in [0.4, 0.5) is 0 Å². The van der Waals surface area contributed by atoms with E-state index in [4.69, 9.17) is 16.3 Å². The topological polar surface area (TPSA) is 90.2 Å². The molecule has 0 radical (unpaired) electrons. The van der Waals surface area contributed by atoms with Crippen LogP contribution < -0.4 is 0 Å². The normalized spacial score (nSPS) is 13.1. The van der Waals surface area contributed by atoms with Crippen molar-refractivity contribution in [3.63, 3.8) is 0 Å². The van der Waals surface area contributed by atoms with Gasteiger partial charge in [-0.3, -0.25) is 9.78 Å². The van der Waals surface area contributed by atoms with E-state index in [1.165, 1.54) is 18.6 Å². The summed E-state index contributed by atoms with van der Waals surface area (Å²) in [5, 5.41) is 5.12. The standard InChI is InChI=1S/C20H18ClN5O3/c1-2-29-20(28)18-15-12-25(19(27)16-11-22-8-9-23-16)10-7-17(15)26(24-18)14-5-3-13(21)4-6-14/h3-6,8-9,11H,2,7,10,12H2,1H3. The van der Waals surface area contributed by atoms with Crippen molar-refractivity contribution in [3.05, 3.63) is 70.5 Å². The number of carbonyl (C=O) groups is 2. The zero-order chi connectivity index (χ0) is 20.4. The van der Waals surface area contributed by atoms with Gasteiger partial charge in [0.15, 0.2) is 5.69 Å². The summed E-state index contributed by atoms with van der Waals surface area (Å²) in [5.74, 6) is -0.747. The minimum atomic E-state index is -0.509. The van der Waals surface area contributed by atoms with Gasteiger partial charge in [-0.2, -0.15) is 5.10 Å². The maximum atomic E-state index is 12.8. The Bertz CT molecular complexity index is 1050. The van der Waals surface area contributed by atoms with Crippen LogP contribution in [0.1, 0.15) is 39.2 Å². The largest absolute Gasteiger partial charge is 0.461 e. The molecular formula is C20H18ClN5O3. The Labute approximate surface area is 172 Å². The summed E-state index contributed by atoms with van der Waals surface area (Å²) in [5.41, 5.74) is 2.82. The summed E-state index contributed by atoms with van der Waals surface area (Å²) < 4.78 is 6.91.